The number of carbonyl (C=O) groups is 1. The highest BCUT2D eigenvalue weighted by atomic mass is 16.5. The molecule has 0 atom stereocenters. The number of hydrogen-bond donors (Lipinski definition) is 1. The molecule has 16 heavy (non-hydrogen) atoms. The van der Waals surface area contributed by atoms with E-state index in [1.807, 2.05) is 31.2 Å². The van der Waals surface area contributed by atoms with E-state index in [-0.39, 0.29) is 5.91 Å². The zero-order valence-corrected chi connectivity index (χ0v) is 9.69. The van der Waals surface area contributed by atoms with Crippen LogP contribution in [-0.2, 0) is 11.2 Å². The SMILES string of the molecule is C/C=C/C(=O)NCCc1cccc(OC)c1. The fraction of sp³-hybridized carbons (Fsp3) is 0.308. The van der Waals surface area contributed by atoms with E-state index < -0.39 is 0 Å². The molecule has 1 aromatic carbocycles. The van der Waals surface area contributed by atoms with Gasteiger partial charge in [0.05, 0.1) is 7.11 Å². The van der Waals surface area contributed by atoms with Crippen molar-refractivity contribution >= 4 is 5.91 Å². The van der Waals surface area contributed by atoms with Crippen LogP contribution in [0.2, 0.25) is 0 Å². The van der Waals surface area contributed by atoms with Gasteiger partial charge in [0.15, 0.2) is 0 Å². The van der Waals surface area contributed by atoms with Gasteiger partial charge < -0.3 is 10.1 Å². The Bertz CT molecular complexity index is 372. The summed E-state index contributed by atoms with van der Waals surface area (Å²) < 4.78 is 5.12. The molecule has 3 nitrogen and oxygen atoms in total. The average molecular weight is 219 g/mol. The van der Waals surface area contributed by atoms with Crippen LogP contribution in [-0.4, -0.2) is 19.6 Å². The predicted molar refractivity (Wildman–Crippen MR) is 64.5 cm³/mol. The molecule has 86 valence electrons. The molecule has 1 N–H and O–H groups in total. The highest BCUT2D eigenvalue weighted by Crippen LogP contribution is 2.12. The van der Waals surface area contributed by atoms with Gasteiger partial charge in [-0.1, -0.05) is 18.2 Å². The monoisotopic (exact) mass is 219 g/mol. The zero-order chi connectivity index (χ0) is 11.8. The van der Waals surface area contributed by atoms with Crippen LogP contribution in [0, 0.1) is 0 Å². The van der Waals surface area contributed by atoms with Gasteiger partial charge in [-0.2, -0.15) is 0 Å². The van der Waals surface area contributed by atoms with E-state index in [9.17, 15) is 4.79 Å². The third-order valence-electron chi connectivity index (χ3n) is 2.17. The maximum Gasteiger partial charge on any atom is 0.243 e. The standard InChI is InChI=1S/C13H17NO2/c1-3-5-13(15)14-9-8-11-6-4-7-12(10-11)16-2/h3-7,10H,8-9H2,1-2H3,(H,14,15)/b5-3+. The van der Waals surface area contributed by atoms with Crippen LogP contribution in [0.4, 0.5) is 0 Å². The summed E-state index contributed by atoms with van der Waals surface area (Å²) in [5, 5.41) is 2.80. The number of methoxy groups -OCH3 is 1. The number of ether oxygens (including phenoxy) is 1. The molecule has 0 radical (unpaired) electrons. The van der Waals surface area contributed by atoms with Crippen molar-refractivity contribution in [3.05, 3.63) is 42.0 Å². The first-order chi connectivity index (χ1) is 7.76. The van der Waals surface area contributed by atoms with Gasteiger partial charge in [0.25, 0.3) is 0 Å². The van der Waals surface area contributed by atoms with Gasteiger partial charge in [0.2, 0.25) is 5.91 Å². The van der Waals surface area contributed by atoms with Crippen molar-refractivity contribution in [3.63, 3.8) is 0 Å². The molecule has 0 heterocycles. The first-order valence-corrected chi connectivity index (χ1v) is 5.29. The minimum atomic E-state index is -0.0506. The first-order valence-electron chi connectivity index (χ1n) is 5.29. The van der Waals surface area contributed by atoms with Crippen LogP contribution in [0.3, 0.4) is 0 Å². The van der Waals surface area contributed by atoms with E-state index in [4.69, 9.17) is 4.74 Å². The van der Waals surface area contributed by atoms with Crippen LogP contribution in [0.15, 0.2) is 36.4 Å². The van der Waals surface area contributed by atoms with Gasteiger partial charge in [-0.15, -0.1) is 0 Å². The lowest BCUT2D eigenvalue weighted by Crippen LogP contribution is -2.23. The summed E-state index contributed by atoms with van der Waals surface area (Å²) in [6.45, 7) is 2.46. The van der Waals surface area contributed by atoms with Crippen LogP contribution in [0.25, 0.3) is 0 Å². The summed E-state index contributed by atoms with van der Waals surface area (Å²) in [6.07, 6.45) is 4.05. The van der Waals surface area contributed by atoms with E-state index in [1.54, 1.807) is 13.2 Å². The van der Waals surface area contributed by atoms with Gasteiger partial charge in [0.1, 0.15) is 5.75 Å². The summed E-state index contributed by atoms with van der Waals surface area (Å²) in [4.78, 5) is 11.1. The average Bonchev–Trinajstić information content (AvgIpc) is 2.30. The van der Waals surface area contributed by atoms with Crippen LogP contribution in [0.5, 0.6) is 5.75 Å². The van der Waals surface area contributed by atoms with Crippen molar-refractivity contribution in [2.75, 3.05) is 13.7 Å². The van der Waals surface area contributed by atoms with E-state index >= 15 is 0 Å². The Morgan fingerprint density at radius 3 is 3.00 bits per heavy atom. The molecule has 0 unspecified atom stereocenters. The fourth-order valence-electron chi connectivity index (χ4n) is 1.37. The molecule has 0 spiro atoms. The predicted octanol–water partition coefficient (Wildman–Crippen LogP) is 1.93. The fourth-order valence-corrected chi connectivity index (χ4v) is 1.37. The molecule has 0 aliphatic carbocycles. The molecule has 0 saturated carbocycles. The topological polar surface area (TPSA) is 38.3 Å². The highest BCUT2D eigenvalue weighted by molar-refractivity contribution is 5.87. The zero-order valence-electron chi connectivity index (χ0n) is 9.69. The van der Waals surface area contributed by atoms with Crippen LogP contribution < -0.4 is 10.1 Å². The van der Waals surface area contributed by atoms with Gasteiger partial charge in [-0.25, -0.2) is 0 Å². The number of allylic oxidation sites excluding steroid dienone is 1. The Hall–Kier alpha value is -1.77. The molecular formula is C13H17NO2. The summed E-state index contributed by atoms with van der Waals surface area (Å²) >= 11 is 0. The molecule has 0 aliphatic rings. The maximum absolute atomic E-state index is 11.1. The van der Waals surface area contributed by atoms with Gasteiger partial charge >= 0.3 is 0 Å². The number of carbonyl (C=O) groups excluding carboxylic acids is 1. The summed E-state index contributed by atoms with van der Waals surface area (Å²) in [5.41, 5.74) is 1.15. The Morgan fingerprint density at radius 2 is 2.31 bits per heavy atom. The Morgan fingerprint density at radius 1 is 1.50 bits per heavy atom. The van der Waals surface area contributed by atoms with Gasteiger partial charge in [-0.3, -0.25) is 4.79 Å². The molecule has 0 bridgehead atoms. The molecule has 1 aromatic rings. The molecule has 1 amide bonds. The molecule has 1 rings (SSSR count). The minimum Gasteiger partial charge on any atom is -0.497 e. The number of hydrogen-bond acceptors (Lipinski definition) is 2. The number of amides is 1. The number of rotatable bonds is 5. The van der Waals surface area contributed by atoms with Crippen molar-refractivity contribution in [3.8, 4) is 5.75 Å². The molecule has 0 saturated heterocycles. The smallest absolute Gasteiger partial charge is 0.243 e. The quantitative estimate of drug-likeness (QED) is 0.768. The van der Waals surface area contributed by atoms with Crippen LogP contribution >= 0.6 is 0 Å². The number of benzene rings is 1. The first kappa shape index (κ1) is 12.3. The summed E-state index contributed by atoms with van der Waals surface area (Å²) in [6, 6.07) is 7.84. The van der Waals surface area contributed by atoms with Crippen molar-refractivity contribution < 1.29 is 9.53 Å². The maximum atomic E-state index is 11.1. The third-order valence-corrected chi connectivity index (χ3v) is 2.17. The van der Waals surface area contributed by atoms with Crippen LogP contribution in [0.1, 0.15) is 12.5 Å². The summed E-state index contributed by atoms with van der Waals surface area (Å²) in [7, 11) is 1.65. The summed E-state index contributed by atoms with van der Waals surface area (Å²) in [5.74, 6) is 0.794. The van der Waals surface area contributed by atoms with Crippen molar-refractivity contribution in [2.24, 2.45) is 0 Å². The highest BCUT2D eigenvalue weighted by Gasteiger charge is 1.97. The second-order valence-electron chi connectivity index (χ2n) is 3.39. The lowest BCUT2D eigenvalue weighted by molar-refractivity contribution is -0.116. The Balaban J connectivity index is 2.39. The second kappa shape index (κ2) is 6.67. The molecular weight excluding hydrogens is 202 g/mol. The van der Waals surface area contributed by atoms with E-state index in [2.05, 4.69) is 5.32 Å². The van der Waals surface area contributed by atoms with E-state index in [0.29, 0.717) is 6.54 Å². The molecule has 0 fully saturated rings. The molecule has 0 aromatic heterocycles. The largest absolute Gasteiger partial charge is 0.497 e. The minimum absolute atomic E-state index is 0.0506. The lowest BCUT2D eigenvalue weighted by atomic mass is 10.1. The van der Waals surface area contributed by atoms with Gasteiger partial charge in [0, 0.05) is 6.54 Å². The number of nitrogens with one attached hydrogen (secondary N) is 1. The van der Waals surface area contributed by atoms with E-state index in [0.717, 1.165) is 17.7 Å². The van der Waals surface area contributed by atoms with Crippen molar-refractivity contribution in [1.82, 2.24) is 5.32 Å². The third kappa shape index (κ3) is 4.17. The van der Waals surface area contributed by atoms with E-state index in [1.165, 1.54) is 6.08 Å². The van der Waals surface area contributed by atoms with Gasteiger partial charge in [-0.05, 0) is 37.1 Å². The normalized spacial score (nSPS) is 10.4. The second-order valence-corrected chi connectivity index (χ2v) is 3.39. The lowest BCUT2D eigenvalue weighted by Gasteiger charge is -2.05. The Labute approximate surface area is 96.1 Å². The van der Waals surface area contributed by atoms with Crippen molar-refractivity contribution in [2.45, 2.75) is 13.3 Å². The molecule has 3 heteroatoms. The Kier molecular flexibility index (Phi) is 5.12. The van der Waals surface area contributed by atoms with Crippen molar-refractivity contribution in [1.29, 1.82) is 0 Å². The molecule has 0 aliphatic heterocycles.